The van der Waals surface area contributed by atoms with E-state index in [4.69, 9.17) is 0 Å². The Balaban J connectivity index is 1.59. The van der Waals surface area contributed by atoms with Gasteiger partial charge >= 0.3 is 12.1 Å². The van der Waals surface area contributed by atoms with Crippen molar-refractivity contribution in [1.82, 2.24) is 15.8 Å². The number of hydrazine groups is 1. The Labute approximate surface area is 233 Å². The van der Waals surface area contributed by atoms with E-state index in [0.717, 1.165) is 10.6 Å². The van der Waals surface area contributed by atoms with Gasteiger partial charge in [-0.2, -0.15) is 0 Å². The molecular formula is C30H34N5O5-. The summed E-state index contributed by atoms with van der Waals surface area (Å²) < 4.78 is 0. The highest BCUT2D eigenvalue weighted by molar-refractivity contribution is 6.00. The third-order valence-corrected chi connectivity index (χ3v) is 5.89. The minimum atomic E-state index is -1.31. The third kappa shape index (κ3) is 9.46. The maximum atomic E-state index is 13.1. The van der Waals surface area contributed by atoms with Crippen LogP contribution in [0.1, 0.15) is 43.0 Å². The quantitative estimate of drug-likeness (QED) is 0.288. The number of carboxylic acid groups (broad SMARTS) is 1. The van der Waals surface area contributed by atoms with E-state index >= 15 is 0 Å². The molecule has 1 atom stereocenters. The van der Waals surface area contributed by atoms with Crippen LogP contribution in [0.2, 0.25) is 0 Å². The van der Waals surface area contributed by atoms with Crippen LogP contribution in [0.4, 0.5) is 21.0 Å². The molecule has 0 aliphatic heterocycles. The van der Waals surface area contributed by atoms with Crippen molar-refractivity contribution in [3.8, 4) is 0 Å². The fourth-order valence-corrected chi connectivity index (χ4v) is 3.95. The molecule has 0 fully saturated rings. The Morgan fingerprint density at radius 2 is 1.50 bits per heavy atom. The predicted molar refractivity (Wildman–Crippen MR) is 151 cm³/mol. The van der Waals surface area contributed by atoms with Gasteiger partial charge in [-0.3, -0.25) is 10.2 Å². The van der Waals surface area contributed by atoms with Crippen LogP contribution in [0.25, 0.3) is 0 Å². The molecule has 10 heteroatoms. The van der Waals surface area contributed by atoms with E-state index in [9.17, 15) is 24.3 Å². The normalized spacial score (nSPS) is 11.3. The van der Waals surface area contributed by atoms with E-state index in [1.54, 1.807) is 54.6 Å². The number of hydrogen-bond acceptors (Lipinski definition) is 5. The van der Waals surface area contributed by atoms with Gasteiger partial charge in [-0.15, -0.1) is 0 Å². The largest absolute Gasteiger partial charge is 0.550 e. The number of para-hydroxylation sites is 1. The van der Waals surface area contributed by atoms with E-state index in [1.807, 2.05) is 45.0 Å². The number of carbonyl (C=O) groups excluding carboxylic acids is 4. The van der Waals surface area contributed by atoms with Crippen LogP contribution in [0, 0.1) is 12.8 Å². The van der Waals surface area contributed by atoms with Crippen LogP contribution in [0.5, 0.6) is 0 Å². The number of carbonyl (C=O) groups is 4. The summed E-state index contributed by atoms with van der Waals surface area (Å²) in [5.41, 5.74) is 6.10. The molecule has 3 rings (SSSR count). The van der Waals surface area contributed by atoms with Gasteiger partial charge < -0.3 is 25.9 Å². The zero-order valence-electron chi connectivity index (χ0n) is 22.8. The molecule has 0 saturated carbocycles. The highest BCUT2D eigenvalue weighted by Gasteiger charge is 2.22. The molecule has 3 aromatic carbocycles. The van der Waals surface area contributed by atoms with Crippen LogP contribution in [0.15, 0.2) is 78.9 Å². The highest BCUT2D eigenvalue weighted by Crippen LogP contribution is 2.17. The molecule has 210 valence electrons. The van der Waals surface area contributed by atoms with Crippen LogP contribution in [-0.4, -0.2) is 35.5 Å². The Kier molecular flexibility index (Phi) is 10.6. The van der Waals surface area contributed by atoms with Gasteiger partial charge in [-0.1, -0.05) is 74.5 Å². The monoisotopic (exact) mass is 544 g/mol. The summed E-state index contributed by atoms with van der Waals surface area (Å²) in [7, 11) is 0. The van der Waals surface area contributed by atoms with Gasteiger partial charge in [0.25, 0.3) is 0 Å². The van der Waals surface area contributed by atoms with E-state index in [0.29, 0.717) is 22.5 Å². The fourth-order valence-electron chi connectivity index (χ4n) is 3.95. The van der Waals surface area contributed by atoms with Crippen molar-refractivity contribution in [3.63, 3.8) is 0 Å². The molecule has 0 heterocycles. The van der Waals surface area contributed by atoms with Gasteiger partial charge in [0, 0.05) is 30.3 Å². The molecule has 0 spiro atoms. The lowest BCUT2D eigenvalue weighted by Gasteiger charge is -2.28. The summed E-state index contributed by atoms with van der Waals surface area (Å²) in [6.45, 7) is 5.90. The molecule has 0 bridgehead atoms. The first-order chi connectivity index (χ1) is 19.1. The predicted octanol–water partition coefficient (Wildman–Crippen LogP) is 3.76. The number of hydrogen-bond donors (Lipinski definition) is 4. The second-order valence-corrected chi connectivity index (χ2v) is 9.80. The van der Waals surface area contributed by atoms with Crippen molar-refractivity contribution in [2.45, 2.75) is 39.7 Å². The van der Waals surface area contributed by atoms with Gasteiger partial charge in [0.15, 0.2) is 0 Å². The van der Waals surface area contributed by atoms with E-state index < -0.39 is 30.4 Å². The summed E-state index contributed by atoms with van der Waals surface area (Å²) in [6, 6.07) is 21.1. The van der Waals surface area contributed by atoms with Crippen LogP contribution in [-0.2, 0) is 16.0 Å². The van der Waals surface area contributed by atoms with Gasteiger partial charge in [0.2, 0.25) is 5.91 Å². The third-order valence-electron chi connectivity index (χ3n) is 5.89. The van der Waals surface area contributed by atoms with Crippen LogP contribution in [0.3, 0.4) is 0 Å². The van der Waals surface area contributed by atoms with Crippen molar-refractivity contribution < 1.29 is 24.3 Å². The summed E-state index contributed by atoms with van der Waals surface area (Å²) in [5, 5.41) is 20.7. The first kappa shape index (κ1) is 29.7. The second kappa shape index (κ2) is 14.3. The molecule has 0 aliphatic carbocycles. The van der Waals surface area contributed by atoms with Crippen molar-refractivity contribution in [2.24, 2.45) is 5.92 Å². The average molecular weight is 545 g/mol. The molecule has 10 nitrogen and oxygen atoms in total. The lowest BCUT2D eigenvalue weighted by Crippen LogP contribution is -2.53. The molecule has 5 amide bonds. The molecule has 3 aromatic rings. The minimum Gasteiger partial charge on any atom is -0.550 e. The molecule has 0 saturated heterocycles. The summed E-state index contributed by atoms with van der Waals surface area (Å²) in [6.07, 6.45) is -0.429. The topological polar surface area (TPSA) is 143 Å². The lowest BCUT2D eigenvalue weighted by molar-refractivity contribution is -0.306. The highest BCUT2D eigenvalue weighted by atomic mass is 16.4. The van der Waals surface area contributed by atoms with Crippen molar-refractivity contribution in [3.05, 3.63) is 95.6 Å². The number of amides is 5. The number of benzene rings is 3. The summed E-state index contributed by atoms with van der Waals surface area (Å²) in [5.74, 6) is -1.71. The minimum absolute atomic E-state index is 0.0152. The summed E-state index contributed by atoms with van der Waals surface area (Å²) >= 11 is 0. The molecule has 40 heavy (non-hydrogen) atoms. The molecule has 0 aromatic heterocycles. The molecule has 0 aliphatic rings. The maximum absolute atomic E-state index is 13.1. The molecular weight excluding hydrogens is 510 g/mol. The summed E-state index contributed by atoms with van der Waals surface area (Å²) in [4.78, 5) is 49.5. The Hall–Kier alpha value is -4.86. The molecule has 1 unspecified atom stereocenters. The Bertz CT molecular complexity index is 1310. The molecule has 4 N–H and O–H groups in total. The van der Waals surface area contributed by atoms with Gasteiger partial charge in [-0.25, -0.2) is 14.6 Å². The van der Waals surface area contributed by atoms with E-state index in [-0.39, 0.29) is 24.9 Å². The average Bonchev–Trinajstić information content (AvgIpc) is 2.90. The number of aliphatic carboxylic acids is 1. The number of carboxylic acids is 1. The Morgan fingerprint density at radius 1 is 0.850 bits per heavy atom. The van der Waals surface area contributed by atoms with Gasteiger partial charge in [-0.05, 0) is 47.7 Å². The number of nitrogens with zero attached hydrogens (tertiary/aromatic N) is 1. The lowest BCUT2D eigenvalue weighted by atomic mass is 10.0. The number of urea groups is 2. The van der Waals surface area contributed by atoms with Crippen molar-refractivity contribution >= 4 is 35.3 Å². The van der Waals surface area contributed by atoms with Crippen LogP contribution >= 0.6 is 0 Å². The maximum Gasteiger partial charge on any atom is 0.336 e. The zero-order valence-corrected chi connectivity index (χ0v) is 22.8. The number of anilines is 2. The standard InChI is InChI=1S/C30H35N5O5/c1-20(2)19-35(30(40)33-26(18-28(37)38)23-10-5-4-6-11-23)34-27(36)17-22-13-15-24(16-14-22)31-29(39)32-25-12-8-7-9-21(25)3/h4-16,20,26H,17-19H2,1-3H3,(H,33,40)(H,34,36)(H,37,38)(H2,31,32,39)/p-1. The first-order valence-electron chi connectivity index (χ1n) is 13.0. The van der Waals surface area contributed by atoms with Crippen molar-refractivity contribution in [2.75, 3.05) is 17.2 Å². The van der Waals surface area contributed by atoms with E-state index in [1.165, 1.54) is 0 Å². The SMILES string of the molecule is Cc1ccccc1NC(=O)Nc1ccc(CC(=O)NN(CC(C)C)C(=O)NC(CC(=O)[O-])c2ccccc2)cc1. The number of aryl methyl sites for hydroxylation is 1. The zero-order chi connectivity index (χ0) is 29.1. The first-order valence-corrected chi connectivity index (χ1v) is 13.0. The number of rotatable bonds is 10. The smallest absolute Gasteiger partial charge is 0.336 e. The molecule has 0 radical (unpaired) electrons. The van der Waals surface area contributed by atoms with Gasteiger partial charge in [0.05, 0.1) is 12.5 Å². The Morgan fingerprint density at radius 3 is 2.12 bits per heavy atom. The van der Waals surface area contributed by atoms with E-state index in [2.05, 4.69) is 21.4 Å². The van der Waals surface area contributed by atoms with Gasteiger partial charge in [0.1, 0.15) is 0 Å². The number of nitrogens with one attached hydrogen (secondary N) is 4. The fraction of sp³-hybridized carbons (Fsp3) is 0.267. The van der Waals surface area contributed by atoms with Crippen LogP contribution < -0.4 is 26.5 Å². The van der Waals surface area contributed by atoms with Crippen molar-refractivity contribution in [1.29, 1.82) is 0 Å². The second-order valence-electron chi connectivity index (χ2n) is 9.80.